The molecule has 0 bridgehead atoms. The molecule has 1 aromatic rings. The van der Waals surface area contributed by atoms with Crippen LogP contribution < -0.4 is 10.6 Å². The predicted molar refractivity (Wildman–Crippen MR) is 90.3 cm³/mol. The molecule has 0 heterocycles. The highest BCUT2D eigenvalue weighted by atomic mass is 32.1. The molecule has 2 N–H and O–H groups in total. The minimum absolute atomic E-state index is 0.562. The molecule has 20 heavy (non-hydrogen) atoms. The molecule has 1 rings (SSSR count). The number of hydrogen-bond donors (Lipinski definition) is 1. The van der Waals surface area contributed by atoms with Gasteiger partial charge >= 0.3 is 0 Å². The van der Waals surface area contributed by atoms with Gasteiger partial charge in [0.25, 0.3) is 0 Å². The van der Waals surface area contributed by atoms with Crippen molar-refractivity contribution < 1.29 is 4.74 Å². The van der Waals surface area contributed by atoms with Crippen LogP contribution in [0.5, 0.6) is 0 Å². The molecule has 0 aromatic heterocycles. The molecule has 0 saturated heterocycles. The number of anilines is 1. The molecule has 0 aliphatic carbocycles. The molecule has 0 saturated carbocycles. The van der Waals surface area contributed by atoms with Gasteiger partial charge in [0.15, 0.2) is 0 Å². The molecule has 1 aromatic carbocycles. The van der Waals surface area contributed by atoms with Gasteiger partial charge in [-0.15, -0.1) is 0 Å². The van der Waals surface area contributed by atoms with Crippen molar-refractivity contribution in [3.63, 3.8) is 0 Å². The highest BCUT2D eigenvalue weighted by Crippen LogP contribution is 2.13. The van der Waals surface area contributed by atoms with Gasteiger partial charge in [-0.1, -0.05) is 44.3 Å². The Morgan fingerprint density at radius 2 is 1.90 bits per heavy atom. The number of nitrogens with zero attached hydrogens (tertiary/aromatic N) is 1. The van der Waals surface area contributed by atoms with Crippen LogP contribution in [-0.4, -0.2) is 31.3 Å². The molecule has 0 atom stereocenters. The van der Waals surface area contributed by atoms with E-state index in [2.05, 4.69) is 30.9 Å². The molecule has 112 valence electrons. The second kappa shape index (κ2) is 9.72. The summed E-state index contributed by atoms with van der Waals surface area (Å²) in [4.78, 5) is 2.83. The summed E-state index contributed by atoms with van der Waals surface area (Å²) in [5.41, 5.74) is 6.79. The van der Waals surface area contributed by atoms with Crippen molar-refractivity contribution in [3.05, 3.63) is 30.3 Å². The van der Waals surface area contributed by atoms with Gasteiger partial charge in [0.05, 0.1) is 11.6 Å². The molecule has 0 aliphatic heterocycles. The average molecular weight is 294 g/mol. The molecular weight excluding hydrogens is 268 g/mol. The van der Waals surface area contributed by atoms with Gasteiger partial charge in [0.2, 0.25) is 0 Å². The Bertz CT molecular complexity index is 381. The third kappa shape index (κ3) is 7.46. The first-order valence-corrected chi connectivity index (χ1v) is 7.66. The van der Waals surface area contributed by atoms with Gasteiger partial charge in [-0.2, -0.15) is 0 Å². The first-order chi connectivity index (χ1) is 9.59. The second-order valence-corrected chi connectivity index (χ2v) is 5.86. The number of thiocarbonyl (C=S) groups is 1. The minimum Gasteiger partial charge on any atom is -0.393 e. The van der Waals surface area contributed by atoms with Crippen molar-refractivity contribution in [2.24, 2.45) is 11.7 Å². The van der Waals surface area contributed by atoms with Crippen LogP contribution in [0.2, 0.25) is 0 Å². The van der Waals surface area contributed by atoms with Crippen molar-refractivity contribution in [3.8, 4) is 0 Å². The molecule has 0 amide bonds. The number of benzene rings is 1. The summed E-state index contributed by atoms with van der Waals surface area (Å²) in [5, 5.41) is 0. The number of hydrogen-bond acceptors (Lipinski definition) is 3. The minimum atomic E-state index is 0.562. The zero-order valence-corrected chi connectivity index (χ0v) is 13.4. The Hall–Kier alpha value is -1.13. The Labute approximate surface area is 128 Å². The van der Waals surface area contributed by atoms with Crippen LogP contribution in [0.3, 0.4) is 0 Å². The van der Waals surface area contributed by atoms with Crippen LogP contribution in [0.4, 0.5) is 5.69 Å². The summed E-state index contributed by atoms with van der Waals surface area (Å²) in [6, 6.07) is 10.3. The molecule has 0 aliphatic rings. The van der Waals surface area contributed by atoms with E-state index < -0.39 is 0 Å². The van der Waals surface area contributed by atoms with Crippen LogP contribution in [-0.2, 0) is 4.74 Å². The van der Waals surface area contributed by atoms with Gasteiger partial charge in [-0.25, -0.2) is 0 Å². The van der Waals surface area contributed by atoms with Crippen molar-refractivity contribution in [2.75, 3.05) is 31.2 Å². The Morgan fingerprint density at radius 3 is 2.50 bits per heavy atom. The zero-order valence-electron chi connectivity index (χ0n) is 12.5. The summed E-state index contributed by atoms with van der Waals surface area (Å²) < 4.78 is 5.70. The second-order valence-electron chi connectivity index (χ2n) is 5.33. The largest absolute Gasteiger partial charge is 0.393 e. The van der Waals surface area contributed by atoms with E-state index in [9.17, 15) is 0 Å². The molecule has 3 nitrogen and oxygen atoms in total. The van der Waals surface area contributed by atoms with Crippen LogP contribution in [0.25, 0.3) is 0 Å². The molecular formula is C16H26N2OS. The smallest absolute Gasteiger partial charge is 0.0745 e. The van der Waals surface area contributed by atoms with Crippen molar-refractivity contribution in [1.82, 2.24) is 0 Å². The van der Waals surface area contributed by atoms with Gasteiger partial charge in [0, 0.05) is 31.8 Å². The van der Waals surface area contributed by atoms with E-state index in [1.165, 1.54) is 5.69 Å². The Balaban J connectivity index is 2.41. The lowest BCUT2D eigenvalue weighted by Gasteiger charge is -2.24. The highest BCUT2D eigenvalue weighted by Gasteiger charge is 2.06. The van der Waals surface area contributed by atoms with Crippen molar-refractivity contribution >= 4 is 22.9 Å². The van der Waals surface area contributed by atoms with E-state index in [0.29, 0.717) is 10.9 Å². The summed E-state index contributed by atoms with van der Waals surface area (Å²) in [6.45, 7) is 7.69. The van der Waals surface area contributed by atoms with Gasteiger partial charge in [-0.05, 0) is 24.5 Å². The van der Waals surface area contributed by atoms with Crippen LogP contribution in [0.15, 0.2) is 30.3 Å². The maximum atomic E-state index is 5.70. The first-order valence-electron chi connectivity index (χ1n) is 7.25. The monoisotopic (exact) mass is 294 g/mol. The van der Waals surface area contributed by atoms with Gasteiger partial charge in [0.1, 0.15) is 0 Å². The van der Waals surface area contributed by atoms with E-state index >= 15 is 0 Å². The third-order valence-electron chi connectivity index (χ3n) is 3.09. The lowest BCUT2D eigenvalue weighted by molar-refractivity contribution is 0.129. The van der Waals surface area contributed by atoms with E-state index in [4.69, 9.17) is 22.7 Å². The summed E-state index contributed by atoms with van der Waals surface area (Å²) in [6.07, 6.45) is 1.84. The highest BCUT2D eigenvalue weighted by molar-refractivity contribution is 7.80. The normalized spacial score (nSPS) is 10.8. The predicted octanol–water partition coefficient (Wildman–Crippen LogP) is 3.23. The van der Waals surface area contributed by atoms with E-state index in [1.54, 1.807) is 0 Å². The van der Waals surface area contributed by atoms with Crippen LogP contribution in [0.1, 0.15) is 26.7 Å². The van der Waals surface area contributed by atoms with Gasteiger partial charge in [-0.3, -0.25) is 0 Å². The molecule has 0 unspecified atom stereocenters. The molecule has 0 spiro atoms. The summed E-state index contributed by atoms with van der Waals surface area (Å²) >= 11 is 4.97. The lowest BCUT2D eigenvalue weighted by atomic mass is 10.1. The SMILES string of the molecule is CC(C)CCOCCN(CCC(N)=S)c1ccccc1. The Morgan fingerprint density at radius 1 is 1.20 bits per heavy atom. The van der Waals surface area contributed by atoms with E-state index in [1.807, 2.05) is 18.2 Å². The fourth-order valence-electron chi connectivity index (χ4n) is 1.85. The first kappa shape index (κ1) is 16.9. The maximum absolute atomic E-state index is 5.70. The molecule has 4 heteroatoms. The van der Waals surface area contributed by atoms with Crippen LogP contribution in [0, 0.1) is 5.92 Å². The standard InChI is InChI=1S/C16H26N2OS/c1-14(2)9-12-19-13-11-18(10-8-16(17)20)15-6-4-3-5-7-15/h3-7,14H,8-13H2,1-2H3,(H2,17,20). The fourth-order valence-corrected chi connectivity index (χ4v) is 1.94. The molecule has 0 radical (unpaired) electrons. The van der Waals surface area contributed by atoms with E-state index in [-0.39, 0.29) is 0 Å². The topological polar surface area (TPSA) is 38.5 Å². The Kier molecular flexibility index (Phi) is 8.23. The number of ether oxygens (including phenoxy) is 1. The summed E-state index contributed by atoms with van der Waals surface area (Å²) in [7, 11) is 0. The number of para-hydroxylation sites is 1. The summed E-state index contributed by atoms with van der Waals surface area (Å²) in [5.74, 6) is 0.690. The van der Waals surface area contributed by atoms with Crippen molar-refractivity contribution in [1.29, 1.82) is 0 Å². The lowest BCUT2D eigenvalue weighted by Crippen LogP contribution is -2.31. The number of nitrogens with two attached hydrogens (primary N) is 1. The molecule has 0 fully saturated rings. The number of rotatable bonds is 10. The average Bonchev–Trinajstić information content (AvgIpc) is 2.42. The quantitative estimate of drug-likeness (QED) is 0.531. The third-order valence-corrected chi connectivity index (χ3v) is 3.30. The van der Waals surface area contributed by atoms with Crippen LogP contribution >= 0.6 is 12.2 Å². The zero-order chi connectivity index (χ0) is 14.8. The van der Waals surface area contributed by atoms with E-state index in [0.717, 1.165) is 39.1 Å². The maximum Gasteiger partial charge on any atom is 0.0745 e. The van der Waals surface area contributed by atoms with Crippen molar-refractivity contribution in [2.45, 2.75) is 26.7 Å². The fraction of sp³-hybridized carbons (Fsp3) is 0.562. The van der Waals surface area contributed by atoms with Gasteiger partial charge < -0.3 is 15.4 Å².